The summed E-state index contributed by atoms with van der Waals surface area (Å²) in [5.74, 6) is 1.95. The normalized spacial score (nSPS) is 11.3. The Balaban J connectivity index is 1.69. The van der Waals surface area contributed by atoms with Crippen LogP contribution in [0.15, 0.2) is 76.2 Å². The van der Waals surface area contributed by atoms with Gasteiger partial charge in [-0.15, -0.1) is 0 Å². The van der Waals surface area contributed by atoms with Gasteiger partial charge in [-0.25, -0.2) is 8.42 Å². The zero-order valence-corrected chi connectivity index (χ0v) is 19.9. The maximum absolute atomic E-state index is 13.4. The third kappa shape index (κ3) is 6.40. The van der Waals surface area contributed by atoms with E-state index in [1.165, 1.54) is 4.31 Å². The minimum Gasteiger partial charge on any atom is -0.468 e. The molecule has 170 valence electrons. The molecule has 1 amide bonds. The number of hydrogen-bond donors (Lipinski definition) is 1. The lowest BCUT2D eigenvalue weighted by atomic mass is 10.1. The Morgan fingerprint density at radius 2 is 1.78 bits per heavy atom. The first kappa shape index (κ1) is 23.9. The molecule has 1 aromatic heterocycles. The summed E-state index contributed by atoms with van der Waals surface area (Å²) in [7, 11) is -3.90. The number of sulfonamides is 1. The number of nitrogens with zero attached hydrogens (tertiary/aromatic N) is 1. The summed E-state index contributed by atoms with van der Waals surface area (Å²) in [6.07, 6.45) is 2.48. The van der Waals surface area contributed by atoms with Crippen LogP contribution in [0.5, 0.6) is 0 Å². The third-order valence-corrected chi connectivity index (χ3v) is 7.69. The maximum Gasteiger partial charge on any atom is 0.264 e. The van der Waals surface area contributed by atoms with Crippen LogP contribution in [0.1, 0.15) is 23.8 Å². The first-order chi connectivity index (χ1) is 15.4. The molecule has 8 heteroatoms. The molecule has 6 nitrogen and oxygen atoms in total. The highest BCUT2D eigenvalue weighted by molar-refractivity contribution is 7.98. The molecule has 0 spiro atoms. The van der Waals surface area contributed by atoms with Crippen molar-refractivity contribution in [1.82, 2.24) is 5.32 Å². The van der Waals surface area contributed by atoms with E-state index in [2.05, 4.69) is 5.32 Å². The fourth-order valence-corrected chi connectivity index (χ4v) is 5.24. The molecule has 32 heavy (non-hydrogen) atoms. The highest BCUT2D eigenvalue weighted by Gasteiger charge is 2.27. The van der Waals surface area contributed by atoms with Crippen molar-refractivity contribution in [2.45, 2.75) is 30.9 Å². The van der Waals surface area contributed by atoms with Crippen LogP contribution in [0.3, 0.4) is 0 Å². The van der Waals surface area contributed by atoms with E-state index in [0.29, 0.717) is 18.0 Å². The van der Waals surface area contributed by atoms with Gasteiger partial charge in [0.05, 0.1) is 22.6 Å². The Bertz CT molecular complexity index is 1090. The third-order valence-electron chi connectivity index (χ3n) is 4.92. The van der Waals surface area contributed by atoms with Crippen LogP contribution in [0, 0.1) is 6.92 Å². The second-order valence-electron chi connectivity index (χ2n) is 7.33. The summed E-state index contributed by atoms with van der Waals surface area (Å²) in [4.78, 5) is 12.8. The molecule has 0 aliphatic carbocycles. The minimum absolute atomic E-state index is 0.157. The number of carbonyl (C=O) groups is 1. The first-order valence-electron chi connectivity index (χ1n) is 10.5. The molecule has 0 saturated heterocycles. The molecule has 0 radical (unpaired) electrons. The molecule has 0 atom stereocenters. The fourth-order valence-electron chi connectivity index (χ4n) is 3.07. The van der Waals surface area contributed by atoms with Crippen LogP contribution in [0.4, 0.5) is 5.69 Å². The van der Waals surface area contributed by atoms with Crippen molar-refractivity contribution in [3.05, 3.63) is 83.8 Å². The number of anilines is 1. The van der Waals surface area contributed by atoms with Crippen LogP contribution < -0.4 is 9.62 Å². The lowest BCUT2D eigenvalue weighted by molar-refractivity contribution is -0.119. The van der Waals surface area contributed by atoms with Crippen LogP contribution in [-0.2, 0) is 27.0 Å². The average Bonchev–Trinajstić information content (AvgIpc) is 3.31. The van der Waals surface area contributed by atoms with Crippen molar-refractivity contribution in [2.24, 2.45) is 0 Å². The number of amides is 1. The van der Waals surface area contributed by atoms with Gasteiger partial charge >= 0.3 is 0 Å². The van der Waals surface area contributed by atoms with Crippen LogP contribution >= 0.6 is 11.8 Å². The lowest BCUT2D eigenvalue weighted by Gasteiger charge is -2.24. The highest BCUT2D eigenvalue weighted by atomic mass is 32.2. The maximum atomic E-state index is 13.4. The van der Waals surface area contributed by atoms with Gasteiger partial charge in [-0.2, -0.15) is 11.8 Å². The average molecular weight is 473 g/mol. The van der Waals surface area contributed by atoms with Gasteiger partial charge in [0, 0.05) is 12.3 Å². The Labute approximate surface area is 194 Å². The van der Waals surface area contributed by atoms with E-state index in [4.69, 9.17) is 4.42 Å². The fraction of sp³-hybridized carbons (Fsp3) is 0.292. The predicted octanol–water partition coefficient (Wildman–Crippen LogP) is 4.40. The molecule has 2 aromatic carbocycles. The van der Waals surface area contributed by atoms with Crippen molar-refractivity contribution >= 4 is 33.4 Å². The topological polar surface area (TPSA) is 79.6 Å². The van der Waals surface area contributed by atoms with Crippen LogP contribution in [0.25, 0.3) is 0 Å². The molecule has 0 saturated carbocycles. The van der Waals surface area contributed by atoms with Crippen molar-refractivity contribution in [2.75, 3.05) is 23.1 Å². The summed E-state index contributed by atoms with van der Waals surface area (Å²) < 4.78 is 33.2. The van der Waals surface area contributed by atoms with Crippen molar-refractivity contribution in [1.29, 1.82) is 0 Å². The van der Waals surface area contributed by atoms with Crippen LogP contribution in [-0.4, -0.2) is 33.2 Å². The van der Waals surface area contributed by atoms with Gasteiger partial charge in [0.15, 0.2) is 0 Å². The van der Waals surface area contributed by atoms with Gasteiger partial charge < -0.3 is 9.73 Å². The van der Waals surface area contributed by atoms with Crippen molar-refractivity contribution in [3.63, 3.8) is 0 Å². The van der Waals surface area contributed by atoms with E-state index < -0.39 is 10.0 Å². The number of furan rings is 1. The second-order valence-corrected chi connectivity index (χ2v) is 10.3. The van der Waals surface area contributed by atoms with Gasteiger partial charge in [-0.1, -0.05) is 36.8 Å². The predicted molar refractivity (Wildman–Crippen MR) is 129 cm³/mol. The number of rotatable bonds is 11. The minimum atomic E-state index is -3.90. The summed E-state index contributed by atoms with van der Waals surface area (Å²) >= 11 is 1.64. The largest absolute Gasteiger partial charge is 0.468 e. The van der Waals surface area contributed by atoms with Gasteiger partial charge in [-0.05, 0) is 55.3 Å². The molecule has 3 rings (SSSR count). The van der Waals surface area contributed by atoms with Crippen molar-refractivity contribution < 1.29 is 17.6 Å². The second kappa shape index (κ2) is 11.2. The van der Waals surface area contributed by atoms with E-state index in [9.17, 15) is 13.2 Å². The van der Waals surface area contributed by atoms with E-state index in [-0.39, 0.29) is 17.3 Å². The lowest BCUT2D eigenvalue weighted by Crippen LogP contribution is -2.41. The number of aryl methyl sites for hydroxylation is 2. The summed E-state index contributed by atoms with van der Waals surface area (Å²) in [6.45, 7) is 4.09. The van der Waals surface area contributed by atoms with E-state index >= 15 is 0 Å². The first-order valence-corrected chi connectivity index (χ1v) is 13.0. The van der Waals surface area contributed by atoms with Gasteiger partial charge in [0.2, 0.25) is 5.91 Å². The van der Waals surface area contributed by atoms with Crippen molar-refractivity contribution in [3.8, 4) is 0 Å². The summed E-state index contributed by atoms with van der Waals surface area (Å²) in [6, 6.07) is 17.7. The molecule has 1 heterocycles. The van der Waals surface area contributed by atoms with E-state index in [1.807, 2.05) is 38.1 Å². The molecule has 0 aliphatic heterocycles. The Morgan fingerprint density at radius 1 is 1.06 bits per heavy atom. The zero-order valence-electron chi connectivity index (χ0n) is 18.3. The number of benzene rings is 2. The number of carbonyl (C=O) groups excluding carboxylic acids is 1. The molecule has 1 N–H and O–H groups in total. The molecular weight excluding hydrogens is 444 g/mol. The highest BCUT2D eigenvalue weighted by Crippen LogP contribution is 2.24. The van der Waals surface area contributed by atoms with Gasteiger partial charge in [-0.3, -0.25) is 9.10 Å². The van der Waals surface area contributed by atoms with E-state index in [0.717, 1.165) is 29.1 Å². The monoisotopic (exact) mass is 472 g/mol. The molecule has 0 aliphatic rings. The molecular formula is C24H28N2O4S2. The molecule has 0 bridgehead atoms. The quantitative estimate of drug-likeness (QED) is 0.419. The SMILES string of the molecule is CCc1ccc(N(CC(=O)NCCSCc2ccco2)S(=O)(=O)c2ccc(C)cc2)cc1. The van der Waals surface area contributed by atoms with E-state index in [1.54, 1.807) is 54.4 Å². The number of thioether (sulfide) groups is 1. The zero-order chi connectivity index (χ0) is 23.0. The standard InChI is InChI=1S/C24H28N2O4S2/c1-3-20-8-10-21(11-9-20)26(32(28,29)23-12-6-19(2)7-13-23)17-24(27)25-14-16-31-18-22-5-4-15-30-22/h4-13,15H,3,14,16-18H2,1-2H3,(H,25,27). The van der Waals surface area contributed by atoms with Gasteiger partial charge in [0.1, 0.15) is 12.3 Å². The number of nitrogens with one attached hydrogen (secondary N) is 1. The molecule has 0 fully saturated rings. The van der Waals surface area contributed by atoms with Gasteiger partial charge in [0.25, 0.3) is 10.0 Å². The molecule has 3 aromatic rings. The number of hydrogen-bond acceptors (Lipinski definition) is 5. The molecule has 0 unspecified atom stereocenters. The van der Waals surface area contributed by atoms with Crippen LogP contribution in [0.2, 0.25) is 0 Å². The summed E-state index contributed by atoms with van der Waals surface area (Å²) in [5, 5.41) is 2.82. The summed E-state index contributed by atoms with van der Waals surface area (Å²) in [5.41, 5.74) is 2.53. The Morgan fingerprint density at radius 3 is 2.41 bits per heavy atom. The Hall–Kier alpha value is -2.71. The smallest absolute Gasteiger partial charge is 0.264 e. The Kier molecular flexibility index (Phi) is 8.41.